The Morgan fingerprint density at radius 1 is 1.35 bits per heavy atom. The number of hydrogen-bond acceptors (Lipinski definition) is 5. The van der Waals surface area contributed by atoms with Crippen molar-refractivity contribution in [3.8, 4) is 0 Å². The van der Waals surface area contributed by atoms with Crippen molar-refractivity contribution in [2.45, 2.75) is 31.3 Å². The Balaban J connectivity index is 2.47. The van der Waals surface area contributed by atoms with Gasteiger partial charge in [0.1, 0.15) is 12.1 Å². The van der Waals surface area contributed by atoms with Crippen LogP contribution in [-0.4, -0.2) is 50.1 Å². The lowest BCUT2D eigenvalue weighted by molar-refractivity contribution is -0.142. The number of hydrogen-bond donors (Lipinski definition) is 5. The van der Waals surface area contributed by atoms with Crippen LogP contribution in [0.4, 0.5) is 0 Å². The number of carboxylic acid groups (broad SMARTS) is 2. The molecular weight excluding hydrogens is 268 g/mol. The maximum Gasteiger partial charge on any atom is 0.326 e. The highest BCUT2D eigenvalue weighted by molar-refractivity contribution is 5.84. The number of rotatable bonds is 8. The molecule has 1 aromatic heterocycles. The molecule has 2 unspecified atom stereocenters. The number of carbonyl (C=O) groups excluding carboxylic acids is 1. The van der Waals surface area contributed by atoms with Crippen molar-refractivity contribution in [3.63, 3.8) is 0 Å². The zero-order valence-electron chi connectivity index (χ0n) is 10.6. The summed E-state index contributed by atoms with van der Waals surface area (Å²) in [6, 6.07) is -2.25. The molecule has 2 atom stereocenters. The molecule has 0 aliphatic carbocycles. The second-order valence-electron chi connectivity index (χ2n) is 4.22. The van der Waals surface area contributed by atoms with Gasteiger partial charge in [0, 0.05) is 24.7 Å². The highest BCUT2D eigenvalue weighted by Crippen LogP contribution is 2.01. The van der Waals surface area contributed by atoms with E-state index < -0.39 is 29.9 Å². The normalized spacial score (nSPS) is 13.4. The first-order valence-corrected chi connectivity index (χ1v) is 5.88. The van der Waals surface area contributed by atoms with Crippen LogP contribution in [0.5, 0.6) is 0 Å². The second kappa shape index (κ2) is 7.24. The van der Waals surface area contributed by atoms with Gasteiger partial charge in [0.15, 0.2) is 0 Å². The van der Waals surface area contributed by atoms with E-state index in [0.717, 1.165) is 0 Å². The molecule has 0 radical (unpaired) electrons. The van der Waals surface area contributed by atoms with Crippen LogP contribution in [0.25, 0.3) is 0 Å². The summed E-state index contributed by atoms with van der Waals surface area (Å²) in [6.07, 6.45) is 2.72. The van der Waals surface area contributed by atoms with Crippen molar-refractivity contribution in [3.05, 3.63) is 18.2 Å². The molecule has 0 saturated heterocycles. The first kappa shape index (κ1) is 15.6. The highest BCUT2D eigenvalue weighted by Gasteiger charge is 2.22. The Kier molecular flexibility index (Phi) is 5.66. The van der Waals surface area contributed by atoms with Gasteiger partial charge in [0.05, 0.1) is 6.33 Å². The highest BCUT2D eigenvalue weighted by atomic mass is 16.4. The van der Waals surface area contributed by atoms with Gasteiger partial charge in [-0.3, -0.25) is 9.59 Å². The number of aromatic amines is 1. The van der Waals surface area contributed by atoms with Crippen LogP contribution in [0, 0.1) is 0 Å². The average Bonchev–Trinajstić information content (AvgIpc) is 2.87. The molecule has 9 nitrogen and oxygen atoms in total. The molecule has 0 aliphatic rings. The average molecular weight is 284 g/mol. The quantitative estimate of drug-likeness (QED) is 0.397. The van der Waals surface area contributed by atoms with Gasteiger partial charge in [-0.25, -0.2) is 9.78 Å². The molecule has 9 heteroatoms. The van der Waals surface area contributed by atoms with Crippen molar-refractivity contribution >= 4 is 17.8 Å². The Morgan fingerprint density at radius 2 is 2.05 bits per heavy atom. The molecule has 0 bridgehead atoms. The predicted octanol–water partition coefficient (Wildman–Crippen LogP) is -1.29. The Bertz CT molecular complexity index is 473. The number of nitrogens with zero attached hydrogens (tertiary/aromatic N) is 1. The summed E-state index contributed by atoms with van der Waals surface area (Å²) in [5.74, 6) is -2.95. The molecule has 0 aromatic carbocycles. The van der Waals surface area contributed by atoms with Crippen LogP contribution in [0.2, 0.25) is 0 Å². The Morgan fingerprint density at radius 3 is 2.55 bits per heavy atom. The van der Waals surface area contributed by atoms with E-state index in [1.165, 1.54) is 12.5 Å². The van der Waals surface area contributed by atoms with Crippen LogP contribution in [0.15, 0.2) is 12.5 Å². The van der Waals surface area contributed by atoms with Gasteiger partial charge in [-0.15, -0.1) is 0 Å². The van der Waals surface area contributed by atoms with Crippen molar-refractivity contribution in [2.24, 2.45) is 5.73 Å². The minimum absolute atomic E-state index is 0.0580. The number of amides is 1. The molecule has 1 aromatic rings. The van der Waals surface area contributed by atoms with E-state index in [9.17, 15) is 14.4 Å². The van der Waals surface area contributed by atoms with E-state index in [-0.39, 0.29) is 19.3 Å². The van der Waals surface area contributed by atoms with E-state index in [4.69, 9.17) is 15.9 Å². The zero-order valence-corrected chi connectivity index (χ0v) is 10.6. The predicted molar refractivity (Wildman–Crippen MR) is 66.7 cm³/mol. The number of aliphatic carboxylic acids is 2. The summed E-state index contributed by atoms with van der Waals surface area (Å²) < 4.78 is 0. The summed E-state index contributed by atoms with van der Waals surface area (Å²) in [7, 11) is 0. The summed E-state index contributed by atoms with van der Waals surface area (Å²) in [4.78, 5) is 39.6. The van der Waals surface area contributed by atoms with E-state index in [2.05, 4.69) is 15.3 Å². The molecule has 0 aliphatic heterocycles. The molecule has 0 saturated carbocycles. The smallest absolute Gasteiger partial charge is 0.326 e. The molecule has 1 rings (SSSR count). The van der Waals surface area contributed by atoms with Gasteiger partial charge in [-0.2, -0.15) is 0 Å². The van der Waals surface area contributed by atoms with Gasteiger partial charge < -0.3 is 26.2 Å². The largest absolute Gasteiger partial charge is 0.480 e. The molecule has 20 heavy (non-hydrogen) atoms. The van der Waals surface area contributed by atoms with Crippen molar-refractivity contribution < 1.29 is 24.6 Å². The number of aromatic nitrogens is 2. The second-order valence-corrected chi connectivity index (χ2v) is 4.22. The number of carboxylic acids is 2. The molecule has 110 valence electrons. The summed E-state index contributed by atoms with van der Waals surface area (Å²) in [6.45, 7) is 0. The number of nitrogens with two attached hydrogens (primary N) is 1. The van der Waals surface area contributed by atoms with Gasteiger partial charge in [0.25, 0.3) is 0 Å². The molecular formula is C11H16N4O5. The van der Waals surface area contributed by atoms with Crippen LogP contribution >= 0.6 is 0 Å². The Labute approximate surface area is 114 Å². The van der Waals surface area contributed by atoms with Gasteiger partial charge in [0.2, 0.25) is 5.91 Å². The lowest BCUT2D eigenvalue weighted by atomic mass is 10.1. The third-order valence-electron chi connectivity index (χ3n) is 2.61. The molecule has 0 spiro atoms. The number of nitrogens with one attached hydrogen (secondary N) is 2. The fourth-order valence-corrected chi connectivity index (χ4v) is 1.49. The third-order valence-corrected chi connectivity index (χ3v) is 2.61. The molecule has 1 heterocycles. The van der Waals surface area contributed by atoms with E-state index in [0.29, 0.717) is 5.69 Å². The topological polar surface area (TPSA) is 158 Å². The SMILES string of the molecule is NC(CCC(=O)NC(Cc1cnc[nH]1)C(=O)O)C(=O)O. The first-order valence-electron chi connectivity index (χ1n) is 5.88. The van der Waals surface area contributed by atoms with Gasteiger partial charge in [-0.1, -0.05) is 0 Å². The number of H-pyrrole nitrogens is 1. The van der Waals surface area contributed by atoms with E-state index in [1.807, 2.05) is 0 Å². The van der Waals surface area contributed by atoms with Crippen LogP contribution in [0.1, 0.15) is 18.5 Å². The standard InChI is InChI=1S/C11H16N4O5/c12-7(10(17)18)1-2-9(16)15-8(11(19)20)3-6-4-13-5-14-6/h4-5,7-8H,1-3,12H2,(H,13,14)(H,15,16)(H,17,18)(H,19,20). The van der Waals surface area contributed by atoms with E-state index >= 15 is 0 Å². The zero-order chi connectivity index (χ0) is 15.1. The number of imidazole rings is 1. The lowest BCUT2D eigenvalue weighted by Gasteiger charge is -2.14. The summed E-state index contributed by atoms with van der Waals surface area (Å²) in [5, 5.41) is 19.9. The lowest BCUT2D eigenvalue weighted by Crippen LogP contribution is -2.43. The maximum atomic E-state index is 11.6. The maximum absolute atomic E-state index is 11.6. The van der Waals surface area contributed by atoms with Crippen LogP contribution < -0.4 is 11.1 Å². The first-order chi connectivity index (χ1) is 9.40. The fourth-order valence-electron chi connectivity index (χ4n) is 1.49. The molecule has 6 N–H and O–H groups in total. The monoisotopic (exact) mass is 284 g/mol. The van der Waals surface area contributed by atoms with Gasteiger partial charge in [-0.05, 0) is 6.42 Å². The number of carbonyl (C=O) groups is 3. The van der Waals surface area contributed by atoms with Crippen molar-refractivity contribution in [1.29, 1.82) is 0 Å². The molecule has 0 fully saturated rings. The molecule has 1 amide bonds. The van der Waals surface area contributed by atoms with E-state index in [1.54, 1.807) is 0 Å². The summed E-state index contributed by atoms with van der Waals surface area (Å²) >= 11 is 0. The third kappa shape index (κ3) is 5.06. The van der Waals surface area contributed by atoms with Gasteiger partial charge >= 0.3 is 11.9 Å². The minimum atomic E-state index is -1.20. The van der Waals surface area contributed by atoms with Crippen LogP contribution in [-0.2, 0) is 20.8 Å². The minimum Gasteiger partial charge on any atom is -0.480 e. The van der Waals surface area contributed by atoms with Crippen molar-refractivity contribution in [1.82, 2.24) is 15.3 Å². The van der Waals surface area contributed by atoms with Crippen molar-refractivity contribution in [2.75, 3.05) is 0 Å². The Hall–Kier alpha value is -2.42. The summed E-state index contributed by atoms with van der Waals surface area (Å²) in [5.41, 5.74) is 5.83. The fraction of sp³-hybridized carbons (Fsp3) is 0.455. The van der Waals surface area contributed by atoms with Crippen LogP contribution in [0.3, 0.4) is 0 Å².